The van der Waals surface area contributed by atoms with Crippen LogP contribution in [0.15, 0.2) is 84.3 Å². The number of aryl methyl sites for hydroxylation is 1. The number of fused-ring (bicyclic) bond motifs is 1. The number of halogens is 2. The minimum atomic E-state index is -0.850. The number of amides is 1. The first kappa shape index (κ1) is 22.0. The number of ether oxygens (including phenoxy) is 1. The van der Waals surface area contributed by atoms with Gasteiger partial charge in [-0.25, -0.2) is 8.78 Å². The van der Waals surface area contributed by atoms with Crippen molar-refractivity contribution in [3.8, 4) is 22.6 Å². The maximum Gasteiger partial charge on any atom is 0.258 e. The zero-order chi connectivity index (χ0) is 23.5. The summed E-state index contributed by atoms with van der Waals surface area (Å²) in [6.07, 6.45) is 2.84. The molecule has 0 spiro atoms. The van der Waals surface area contributed by atoms with Gasteiger partial charge in [-0.2, -0.15) is 0 Å². The molecule has 0 saturated heterocycles. The van der Waals surface area contributed by atoms with Gasteiger partial charge < -0.3 is 14.6 Å². The second-order valence-electron chi connectivity index (χ2n) is 7.39. The molecule has 0 aliphatic rings. The molecule has 1 aromatic heterocycles. The van der Waals surface area contributed by atoms with E-state index >= 15 is 0 Å². The van der Waals surface area contributed by atoms with Crippen molar-refractivity contribution in [1.29, 1.82) is 0 Å². The van der Waals surface area contributed by atoms with Gasteiger partial charge in [0.1, 0.15) is 11.6 Å². The topological polar surface area (TPSA) is 60.3 Å². The lowest BCUT2D eigenvalue weighted by Crippen LogP contribution is -2.21. The molecule has 1 heterocycles. The molecule has 0 unspecified atom stereocenters. The molecule has 1 N–H and O–H groups in total. The smallest absolute Gasteiger partial charge is 0.258 e. The number of hydrogen-bond acceptors (Lipinski definition) is 3. The highest BCUT2D eigenvalue weighted by molar-refractivity contribution is 5.98. The van der Waals surface area contributed by atoms with E-state index in [0.29, 0.717) is 27.5 Å². The number of carbonyl (C=O) groups is 1. The van der Waals surface area contributed by atoms with Crippen LogP contribution in [0.4, 0.5) is 8.78 Å². The average Bonchev–Trinajstić information content (AvgIpc) is 2.82. The van der Waals surface area contributed by atoms with Crippen LogP contribution in [0.25, 0.3) is 21.9 Å². The summed E-state index contributed by atoms with van der Waals surface area (Å²) in [4.78, 5) is 24.5. The molecule has 0 bridgehead atoms. The molecule has 0 saturated carbocycles. The van der Waals surface area contributed by atoms with Gasteiger partial charge in [-0.05, 0) is 41.3 Å². The molecule has 166 valence electrons. The summed E-state index contributed by atoms with van der Waals surface area (Å²) >= 11 is 0. The van der Waals surface area contributed by atoms with Crippen LogP contribution in [0, 0.1) is 11.6 Å². The molecule has 0 aliphatic heterocycles. The van der Waals surface area contributed by atoms with E-state index in [2.05, 4.69) is 11.9 Å². The third-order valence-electron chi connectivity index (χ3n) is 5.22. The van der Waals surface area contributed by atoms with E-state index in [1.807, 2.05) is 12.1 Å². The third-order valence-corrected chi connectivity index (χ3v) is 5.22. The number of hydrogen-bond donors (Lipinski definition) is 1. The zero-order valence-electron chi connectivity index (χ0n) is 17.8. The zero-order valence-corrected chi connectivity index (χ0v) is 17.8. The molecule has 3 aromatic carbocycles. The van der Waals surface area contributed by atoms with Gasteiger partial charge in [-0.1, -0.05) is 36.9 Å². The molecule has 0 radical (unpaired) electrons. The van der Waals surface area contributed by atoms with E-state index in [-0.39, 0.29) is 29.5 Å². The van der Waals surface area contributed by atoms with E-state index in [1.54, 1.807) is 43.6 Å². The fourth-order valence-electron chi connectivity index (χ4n) is 3.66. The Hall–Kier alpha value is -4.26. The molecule has 4 aromatic rings. The van der Waals surface area contributed by atoms with Crippen molar-refractivity contribution < 1.29 is 18.3 Å². The fraction of sp³-hybridized carbons (Fsp3) is 0.0769. The lowest BCUT2D eigenvalue weighted by atomic mass is 9.95. The van der Waals surface area contributed by atoms with Crippen LogP contribution in [0.5, 0.6) is 11.5 Å². The first-order valence-corrected chi connectivity index (χ1v) is 10.1. The van der Waals surface area contributed by atoms with Gasteiger partial charge in [-0.3, -0.25) is 9.59 Å². The Bertz CT molecular complexity index is 1440. The molecule has 7 heteroatoms. The summed E-state index contributed by atoms with van der Waals surface area (Å²) in [5, 5.41) is 3.91. The number of nitrogens with zero attached hydrogens (tertiary/aromatic N) is 1. The number of carbonyl (C=O) groups excluding carboxylic acids is 1. The minimum absolute atomic E-state index is 0.139. The minimum Gasteiger partial charge on any atom is -0.454 e. The lowest BCUT2D eigenvalue weighted by Gasteiger charge is -2.18. The van der Waals surface area contributed by atoms with Gasteiger partial charge in [0.2, 0.25) is 5.91 Å². The van der Waals surface area contributed by atoms with E-state index in [1.165, 1.54) is 10.6 Å². The Labute approximate surface area is 188 Å². The molecule has 0 aliphatic carbocycles. The number of rotatable bonds is 6. The van der Waals surface area contributed by atoms with Gasteiger partial charge in [0.05, 0.1) is 0 Å². The van der Waals surface area contributed by atoms with Crippen molar-refractivity contribution in [2.45, 2.75) is 6.54 Å². The standard InChI is InChI=1S/C26H20F2N2O3/c1-3-24(31)29-14-16-7-6-10-23(33-22-12-11-17(27)13-21(22)28)25(16)20-15-30(2)26(32)19-9-5-4-8-18(19)20/h3-13,15H,1,14H2,2H3,(H,29,31). The quantitative estimate of drug-likeness (QED) is 0.421. The molecule has 1 amide bonds. The predicted molar refractivity (Wildman–Crippen MR) is 123 cm³/mol. The third kappa shape index (κ3) is 4.39. The van der Waals surface area contributed by atoms with Gasteiger partial charge >= 0.3 is 0 Å². The van der Waals surface area contributed by atoms with Crippen molar-refractivity contribution in [3.63, 3.8) is 0 Å². The molecule has 0 fully saturated rings. The largest absolute Gasteiger partial charge is 0.454 e. The van der Waals surface area contributed by atoms with Crippen molar-refractivity contribution in [2.24, 2.45) is 7.05 Å². The van der Waals surface area contributed by atoms with Crippen LogP contribution in [0.1, 0.15) is 5.56 Å². The summed E-state index contributed by atoms with van der Waals surface area (Å²) in [7, 11) is 1.64. The van der Waals surface area contributed by atoms with E-state index in [4.69, 9.17) is 4.74 Å². The Kier molecular flexibility index (Phi) is 6.04. The second-order valence-corrected chi connectivity index (χ2v) is 7.39. The fourth-order valence-corrected chi connectivity index (χ4v) is 3.66. The van der Waals surface area contributed by atoms with E-state index in [0.717, 1.165) is 18.2 Å². The lowest BCUT2D eigenvalue weighted by molar-refractivity contribution is -0.116. The number of nitrogens with one attached hydrogen (secondary N) is 1. The van der Waals surface area contributed by atoms with Crippen molar-refractivity contribution in [2.75, 3.05) is 0 Å². The maximum atomic E-state index is 14.4. The van der Waals surface area contributed by atoms with Crippen LogP contribution in [0.2, 0.25) is 0 Å². The summed E-state index contributed by atoms with van der Waals surface area (Å²) < 4.78 is 35.1. The molecular weight excluding hydrogens is 426 g/mol. The first-order chi connectivity index (χ1) is 15.9. The number of benzene rings is 3. The van der Waals surface area contributed by atoms with Crippen molar-refractivity contribution in [1.82, 2.24) is 9.88 Å². The van der Waals surface area contributed by atoms with Crippen LogP contribution in [-0.4, -0.2) is 10.5 Å². The summed E-state index contributed by atoms with van der Waals surface area (Å²) in [6.45, 7) is 3.60. The van der Waals surface area contributed by atoms with Crippen molar-refractivity contribution >= 4 is 16.7 Å². The molecule has 0 atom stereocenters. The van der Waals surface area contributed by atoms with Crippen LogP contribution < -0.4 is 15.6 Å². The van der Waals surface area contributed by atoms with Gasteiger partial charge in [0.15, 0.2) is 11.6 Å². The first-order valence-electron chi connectivity index (χ1n) is 10.1. The molecule has 33 heavy (non-hydrogen) atoms. The summed E-state index contributed by atoms with van der Waals surface area (Å²) in [5.74, 6) is -1.79. The highest BCUT2D eigenvalue weighted by atomic mass is 19.1. The monoisotopic (exact) mass is 446 g/mol. The molecule has 4 rings (SSSR count). The Morgan fingerprint density at radius 3 is 2.55 bits per heavy atom. The average molecular weight is 446 g/mol. The number of pyridine rings is 1. The Balaban J connectivity index is 1.96. The van der Waals surface area contributed by atoms with Gasteiger partial charge in [-0.15, -0.1) is 0 Å². The summed E-state index contributed by atoms with van der Waals surface area (Å²) in [6, 6.07) is 15.3. The maximum absolute atomic E-state index is 14.4. The normalized spacial score (nSPS) is 10.8. The Morgan fingerprint density at radius 2 is 1.82 bits per heavy atom. The summed E-state index contributed by atoms with van der Waals surface area (Å²) in [5.41, 5.74) is 1.74. The van der Waals surface area contributed by atoms with E-state index < -0.39 is 11.6 Å². The van der Waals surface area contributed by atoms with Crippen LogP contribution in [0.3, 0.4) is 0 Å². The van der Waals surface area contributed by atoms with Gasteiger partial charge in [0, 0.05) is 42.4 Å². The van der Waals surface area contributed by atoms with E-state index in [9.17, 15) is 18.4 Å². The Morgan fingerprint density at radius 1 is 1.06 bits per heavy atom. The SMILES string of the molecule is C=CC(=O)NCc1cccc(Oc2ccc(F)cc2F)c1-c1cn(C)c(=O)c2ccccc12. The second kappa shape index (κ2) is 9.08. The molecule has 5 nitrogen and oxygen atoms in total. The predicted octanol–water partition coefficient (Wildman–Crippen LogP) is 5.08. The number of aromatic nitrogens is 1. The molecular formula is C26H20F2N2O3. The highest BCUT2D eigenvalue weighted by Crippen LogP contribution is 2.39. The highest BCUT2D eigenvalue weighted by Gasteiger charge is 2.19. The van der Waals surface area contributed by atoms with Gasteiger partial charge in [0.25, 0.3) is 5.56 Å². The van der Waals surface area contributed by atoms with Crippen molar-refractivity contribution in [3.05, 3.63) is 107 Å². The van der Waals surface area contributed by atoms with Crippen LogP contribution >= 0.6 is 0 Å². The van der Waals surface area contributed by atoms with Crippen LogP contribution in [-0.2, 0) is 18.4 Å².